The molecular weight excluding hydrogens is 464 g/mol. The molecule has 0 saturated carbocycles. The molecule has 0 aliphatic rings. The zero-order valence-electron chi connectivity index (χ0n) is 18.4. The molecule has 174 valence electrons. The molecule has 2 aromatic heterocycles. The summed E-state index contributed by atoms with van der Waals surface area (Å²) in [7, 11) is -3.77. The van der Waals surface area contributed by atoms with Crippen molar-refractivity contribution in [2.45, 2.75) is 4.90 Å². The first-order valence-electron chi connectivity index (χ1n) is 10.7. The number of anilines is 1. The first-order valence-corrected chi connectivity index (χ1v) is 12.1. The monoisotopic (exact) mass is 484 g/mol. The van der Waals surface area contributed by atoms with Gasteiger partial charge in [0.15, 0.2) is 5.82 Å². The Bertz CT molecular complexity index is 1490. The van der Waals surface area contributed by atoms with Crippen LogP contribution in [0.15, 0.2) is 120 Å². The zero-order chi connectivity index (χ0) is 24.1. The topological polar surface area (TPSA) is 95.3 Å². The molecule has 2 heterocycles. The molecule has 0 fully saturated rings. The quantitative estimate of drug-likeness (QED) is 0.306. The maximum absolute atomic E-state index is 12.8. The Morgan fingerprint density at radius 2 is 1.26 bits per heavy atom. The van der Waals surface area contributed by atoms with Crippen molar-refractivity contribution < 1.29 is 17.9 Å². The minimum Gasteiger partial charge on any atom is -0.457 e. The van der Waals surface area contributed by atoms with Crippen LogP contribution in [-0.2, 0) is 10.0 Å². The van der Waals surface area contributed by atoms with Crippen LogP contribution >= 0.6 is 0 Å². The highest BCUT2D eigenvalue weighted by atomic mass is 32.2. The summed E-state index contributed by atoms with van der Waals surface area (Å²) in [5.74, 6) is 2.71. The number of aromatic nitrogens is 3. The Kier molecular flexibility index (Phi) is 6.15. The summed E-state index contributed by atoms with van der Waals surface area (Å²) >= 11 is 0. The molecule has 5 rings (SSSR count). The van der Waals surface area contributed by atoms with Gasteiger partial charge in [-0.05, 0) is 78.9 Å². The van der Waals surface area contributed by atoms with Crippen LogP contribution in [-0.4, -0.2) is 23.2 Å². The Balaban J connectivity index is 1.21. The number of benzene rings is 3. The number of nitrogens with one attached hydrogen (secondary N) is 1. The van der Waals surface area contributed by atoms with Crippen LogP contribution in [0.2, 0.25) is 0 Å². The summed E-state index contributed by atoms with van der Waals surface area (Å²) in [6.45, 7) is 0. The number of hydrogen-bond donors (Lipinski definition) is 1. The van der Waals surface area contributed by atoms with Gasteiger partial charge < -0.3 is 14.0 Å². The molecule has 0 bridgehead atoms. The molecule has 0 spiro atoms. The number of rotatable bonds is 8. The Morgan fingerprint density at radius 1 is 0.629 bits per heavy atom. The lowest BCUT2D eigenvalue weighted by Gasteiger charge is -2.10. The van der Waals surface area contributed by atoms with E-state index in [9.17, 15) is 8.42 Å². The first-order chi connectivity index (χ1) is 17.0. The van der Waals surface area contributed by atoms with Crippen molar-refractivity contribution >= 4 is 15.7 Å². The van der Waals surface area contributed by atoms with Gasteiger partial charge in [0.1, 0.15) is 17.2 Å². The fourth-order valence-electron chi connectivity index (χ4n) is 3.23. The van der Waals surface area contributed by atoms with Gasteiger partial charge in [-0.15, -0.1) is 10.2 Å². The summed E-state index contributed by atoms with van der Waals surface area (Å²) < 4.78 is 41.4. The van der Waals surface area contributed by atoms with Crippen LogP contribution in [0.3, 0.4) is 0 Å². The van der Waals surface area contributed by atoms with Gasteiger partial charge in [0.25, 0.3) is 10.0 Å². The van der Waals surface area contributed by atoms with Crippen molar-refractivity contribution in [3.63, 3.8) is 0 Å². The summed E-state index contributed by atoms with van der Waals surface area (Å²) in [5.41, 5.74) is 0.399. The SMILES string of the molecule is O=S(=O)(Nc1ccc(Oc2ccc(-n3cccc3)nn2)cc1)c1ccc(Oc2ccccc2)cc1. The van der Waals surface area contributed by atoms with Gasteiger partial charge in [0.2, 0.25) is 5.88 Å². The lowest BCUT2D eigenvalue weighted by molar-refractivity contribution is 0.454. The summed E-state index contributed by atoms with van der Waals surface area (Å²) in [6.07, 6.45) is 3.74. The molecule has 0 amide bonds. The fourth-order valence-corrected chi connectivity index (χ4v) is 4.29. The number of para-hydroxylation sites is 1. The van der Waals surface area contributed by atoms with Crippen LogP contribution in [0.5, 0.6) is 23.1 Å². The standard InChI is InChI=1S/C26H20N4O4S/c31-35(32,24-14-12-22(13-15-24)33-21-6-2-1-3-7-21)29-20-8-10-23(11-9-20)34-26-17-16-25(27-28-26)30-18-4-5-19-30/h1-19,29H. The van der Waals surface area contributed by atoms with E-state index in [-0.39, 0.29) is 4.90 Å². The van der Waals surface area contributed by atoms with E-state index in [0.29, 0.717) is 34.6 Å². The van der Waals surface area contributed by atoms with Crippen LogP contribution in [0.4, 0.5) is 5.69 Å². The second-order valence-electron chi connectivity index (χ2n) is 7.44. The van der Waals surface area contributed by atoms with Crippen molar-refractivity contribution in [3.8, 4) is 28.9 Å². The van der Waals surface area contributed by atoms with E-state index < -0.39 is 10.0 Å². The third-order valence-electron chi connectivity index (χ3n) is 4.94. The molecule has 9 heteroatoms. The number of sulfonamides is 1. The maximum atomic E-state index is 12.8. The first kappa shape index (κ1) is 22.2. The van der Waals surface area contributed by atoms with Crippen LogP contribution in [0.25, 0.3) is 5.82 Å². The van der Waals surface area contributed by atoms with Gasteiger partial charge in [0, 0.05) is 24.1 Å². The Labute approximate surface area is 202 Å². The van der Waals surface area contributed by atoms with Crippen molar-refractivity contribution in [1.82, 2.24) is 14.8 Å². The van der Waals surface area contributed by atoms with Crippen molar-refractivity contribution in [2.75, 3.05) is 4.72 Å². The molecule has 5 aromatic rings. The van der Waals surface area contributed by atoms with Crippen LogP contribution in [0.1, 0.15) is 0 Å². The molecule has 0 atom stereocenters. The van der Waals surface area contributed by atoms with Crippen LogP contribution in [0, 0.1) is 0 Å². The number of ether oxygens (including phenoxy) is 2. The van der Waals surface area contributed by atoms with Gasteiger partial charge in [-0.2, -0.15) is 0 Å². The second kappa shape index (κ2) is 9.70. The summed E-state index contributed by atoms with van der Waals surface area (Å²) in [5, 5.41) is 8.20. The number of nitrogens with zero attached hydrogens (tertiary/aromatic N) is 3. The zero-order valence-corrected chi connectivity index (χ0v) is 19.2. The summed E-state index contributed by atoms with van der Waals surface area (Å²) in [4.78, 5) is 0.122. The van der Waals surface area contributed by atoms with E-state index in [1.54, 1.807) is 48.5 Å². The van der Waals surface area contributed by atoms with Gasteiger partial charge in [-0.3, -0.25) is 4.72 Å². The van der Waals surface area contributed by atoms with Crippen molar-refractivity contribution in [1.29, 1.82) is 0 Å². The van der Waals surface area contributed by atoms with E-state index in [0.717, 1.165) is 0 Å². The van der Waals surface area contributed by atoms with E-state index in [2.05, 4.69) is 14.9 Å². The molecule has 35 heavy (non-hydrogen) atoms. The van der Waals surface area contributed by atoms with Crippen molar-refractivity contribution in [3.05, 3.63) is 116 Å². The molecule has 0 radical (unpaired) electrons. The minimum absolute atomic E-state index is 0.122. The number of hydrogen-bond acceptors (Lipinski definition) is 6. The molecule has 0 unspecified atom stereocenters. The average Bonchev–Trinajstić information content (AvgIpc) is 3.42. The molecule has 3 aromatic carbocycles. The lowest BCUT2D eigenvalue weighted by atomic mass is 10.3. The van der Waals surface area contributed by atoms with Gasteiger partial charge in [0.05, 0.1) is 4.90 Å². The average molecular weight is 485 g/mol. The lowest BCUT2D eigenvalue weighted by Crippen LogP contribution is -2.12. The van der Waals surface area contributed by atoms with Gasteiger partial charge >= 0.3 is 0 Å². The molecule has 0 aliphatic heterocycles. The third-order valence-corrected chi connectivity index (χ3v) is 6.33. The molecule has 0 aliphatic carbocycles. The van der Waals surface area contributed by atoms with Gasteiger partial charge in [-0.25, -0.2) is 8.42 Å². The normalized spacial score (nSPS) is 11.1. The molecular formula is C26H20N4O4S. The smallest absolute Gasteiger partial charge is 0.261 e. The Hall–Kier alpha value is -4.63. The largest absolute Gasteiger partial charge is 0.457 e. The molecule has 0 saturated heterocycles. The van der Waals surface area contributed by atoms with E-state index >= 15 is 0 Å². The van der Waals surface area contributed by atoms with E-state index in [1.807, 2.05) is 59.4 Å². The molecule has 8 nitrogen and oxygen atoms in total. The predicted octanol–water partition coefficient (Wildman–Crippen LogP) is 5.65. The highest BCUT2D eigenvalue weighted by molar-refractivity contribution is 7.92. The highest BCUT2D eigenvalue weighted by Crippen LogP contribution is 2.25. The summed E-state index contributed by atoms with van der Waals surface area (Å²) in [6, 6.07) is 29.3. The highest BCUT2D eigenvalue weighted by Gasteiger charge is 2.14. The van der Waals surface area contributed by atoms with Gasteiger partial charge in [-0.1, -0.05) is 18.2 Å². The van der Waals surface area contributed by atoms with Crippen LogP contribution < -0.4 is 14.2 Å². The third kappa shape index (κ3) is 5.48. The minimum atomic E-state index is -3.77. The predicted molar refractivity (Wildman–Crippen MR) is 132 cm³/mol. The molecule has 1 N–H and O–H groups in total. The van der Waals surface area contributed by atoms with E-state index in [1.165, 1.54) is 12.1 Å². The van der Waals surface area contributed by atoms with Crippen molar-refractivity contribution in [2.24, 2.45) is 0 Å². The van der Waals surface area contributed by atoms with E-state index in [4.69, 9.17) is 9.47 Å². The maximum Gasteiger partial charge on any atom is 0.261 e. The second-order valence-corrected chi connectivity index (χ2v) is 9.12. The Morgan fingerprint density at radius 3 is 1.91 bits per heavy atom. The fraction of sp³-hybridized carbons (Fsp3) is 0.